The molecule has 1 aromatic rings. The molecule has 0 aliphatic carbocycles. The zero-order valence-electron chi connectivity index (χ0n) is 11.9. The quantitative estimate of drug-likeness (QED) is 0.754. The van der Waals surface area contributed by atoms with Crippen LogP contribution in [0.5, 0.6) is 5.75 Å². The lowest BCUT2D eigenvalue weighted by Crippen LogP contribution is -2.57. The Morgan fingerprint density at radius 2 is 2.00 bits per heavy atom. The average Bonchev–Trinajstić information content (AvgIpc) is 2.34. The number of nitrogens with zero attached hydrogens (tertiary/aromatic N) is 2. The lowest BCUT2D eigenvalue weighted by Gasteiger charge is -2.40. The van der Waals surface area contributed by atoms with Crippen molar-refractivity contribution in [3.8, 4) is 5.75 Å². The molecule has 0 N–H and O–H groups in total. The van der Waals surface area contributed by atoms with Gasteiger partial charge in [-0.15, -0.1) is 0 Å². The number of piperazine rings is 1. The van der Waals surface area contributed by atoms with E-state index < -0.39 is 0 Å². The van der Waals surface area contributed by atoms with Crippen LogP contribution in [0, 0.1) is 6.92 Å². The molecule has 0 unspecified atom stereocenters. The van der Waals surface area contributed by atoms with Gasteiger partial charge in [0, 0.05) is 13.1 Å². The van der Waals surface area contributed by atoms with Gasteiger partial charge in [0.05, 0.1) is 20.1 Å². The van der Waals surface area contributed by atoms with Crippen molar-refractivity contribution in [1.29, 1.82) is 0 Å². The predicted molar refractivity (Wildman–Crippen MR) is 75.0 cm³/mol. The topological polar surface area (TPSA) is 12.5 Å². The maximum atomic E-state index is 5.85. The van der Waals surface area contributed by atoms with E-state index in [9.17, 15) is 0 Å². The summed E-state index contributed by atoms with van der Waals surface area (Å²) < 4.78 is 6.99. The van der Waals surface area contributed by atoms with Crippen LogP contribution in [0.1, 0.15) is 5.56 Å². The third-order valence-electron chi connectivity index (χ3n) is 3.93. The highest BCUT2D eigenvalue weighted by Gasteiger charge is 2.26. The normalized spacial score (nSPS) is 19.7. The van der Waals surface area contributed by atoms with Crippen LogP contribution >= 0.6 is 0 Å². The van der Waals surface area contributed by atoms with E-state index in [4.69, 9.17) is 4.74 Å². The average molecular weight is 249 g/mol. The van der Waals surface area contributed by atoms with E-state index in [0.29, 0.717) is 0 Å². The number of rotatable bonds is 4. The first-order valence-electron chi connectivity index (χ1n) is 6.79. The van der Waals surface area contributed by atoms with Gasteiger partial charge in [0.1, 0.15) is 18.9 Å². The van der Waals surface area contributed by atoms with E-state index in [1.54, 1.807) is 0 Å². The monoisotopic (exact) mass is 249 g/mol. The second-order valence-corrected chi connectivity index (χ2v) is 5.76. The van der Waals surface area contributed by atoms with Crippen molar-refractivity contribution in [3.63, 3.8) is 0 Å². The fraction of sp³-hybridized carbons (Fsp3) is 0.600. The second kappa shape index (κ2) is 5.72. The highest BCUT2D eigenvalue weighted by molar-refractivity contribution is 5.27. The minimum atomic E-state index is 0.809. The van der Waals surface area contributed by atoms with Gasteiger partial charge in [-0.3, -0.25) is 4.90 Å². The molecule has 3 heteroatoms. The molecule has 1 aliphatic rings. The fourth-order valence-electron chi connectivity index (χ4n) is 2.36. The van der Waals surface area contributed by atoms with Gasteiger partial charge in [-0.05, 0) is 31.7 Å². The molecule has 1 saturated heterocycles. The summed E-state index contributed by atoms with van der Waals surface area (Å²) >= 11 is 0. The van der Waals surface area contributed by atoms with Crippen molar-refractivity contribution in [2.45, 2.75) is 6.92 Å². The molecule has 100 valence electrons. The van der Waals surface area contributed by atoms with Gasteiger partial charge in [0.25, 0.3) is 0 Å². The summed E-state index contributed by atoms with van der Waals surface area (Å²) in [6.07, 6.45) is 0. The standard InChI is InChI=1S/C15H25N2O/c1-14-5-4-6-15(13-14)18-12-11-17(3)9-7-16(2)8-10-17/h4-6,13H,7-12H2,1-3H3/q+1. The van der Waals surface area contributed by atoms with E-state index in [0.717, 1.165) is 23.4 Å². The van der Waals surface area contributed by atoms with Gasteiger partial charge >= 0.3 is 0 Å². The number of hydrogen-bond acceptors (Lipinski definition) is 2. The summed E-state index contributed by atoms with van der Waals surface area (Å²) in [4.78, 5) is 2.40. The Kier molecular flexibility index (Phi) is 4.25. The first kappa shape index (κ1) is 13.4. The summed E-state index contributed by atoms with van der Waals surface area (Å²) in [7, 11) is 4.54. The predicted octanol–water partition coefficient (Wildman–Crippen LogP) is 1.77. The molecular formula is C15H25N2O+. The molecule has 1 aromatic carbocycles. The molecule has 1 heterocycles. The van der Waals surface area contributed by atoms with E-state index in [1.165, 1.54) is 31.7 Å². The molecule has 0 aromatic heterocycles. The molecule has 1 fully saturated rings. The van der Waals surface area contributed by atoms with Crippen molar-refractivity contribution in [1.82, 2.24) is 4.90 Å². The van der Waals surface area contributed by atoms with Crippen LogP contribution in [0.15, 0.2) is 24.3 Å². The fourth-order valence-corrected chi connectivity index (χ4v) is 2.36. The molecule has 0 bridgehead atoms. The van der Waals surface area contributed by atoms with Crippen molar-refractivity contribution in [2.75, 3.05) is 53.4 Å². The Morgan fingerprint density at radius 1 is 1.28 bits per heavy atom. The van der Waals surface area contributed by atoms with Crippen LogP contribution in [-0.2, 0) is 0 Å². The summed E-state index contributed by atoms with van der Waals surface area (Å²) in [6.45, 7) is 8.86. The smallest absolute Gasteiger partial charge is 0.137 e. The molecule has 0 saturated carbocycles. The van der Waals surface area contributed by atoms with E-state index in [1.807, 2.05) is 6.07 Å². The van der Waals surface area contributed by atoms with Crippen LogP contribution in [0.2, 0.25) is 0 Å². The lowest BCUT2D eigenvalue weighted by molar-refractivity contribution is -0.913. The zero-order valence-corrected chi connectivity index (χ0v) is 11.9. The number of ether oxygens (including phenoxy) is 1. The molecule has 18 heavy (non-hydrogen) atoms. The molecular weight excluding hydrogens is 224 g/mol. The van der Waals surface area contributed by atoms with Crippen molar-refractivity contribution in [2.24, 2.45) is 0 Å². The number of quaternary nitrogens is 1. The molecule has 0 spiro atoms. The molecule has 0 radical (unpaired) electrons. The first-order valence-corrected chi connectivity index (χ1v) is 6.79. The summed E-state index contributed by atoms with van der Waals surface area (Å²) in [6, 6.07) is 8.29. The van der Waals surface area contributed by atoms with Crippen LogP contribution in [-0.4, -0.2) is 62.8 Å². The van der Waals surface area contributed by atoms with Crippen LogP contribution < -0.4 is 4.74 Å². The lowest BCUT2D eigenvalue weighted by atomic mass is 10.2. The number of benzene rings is 1. The Balaban J connectivity index is 1.78. The zero-order chi connectivity index (χ0) is 13.0. The van der Waals surface area contributed by atoms with Crippen LogP contribution in [0.25, 0.3) is 0 Å². The van der Waals surface area contributed by atoms with Crippen molar-refractivity contribution in [3.05, 3.63) is 29.8 Å². The Hall–Kier alpha value is -1.06. The maximum absolute atomic E-state index is 5.85. The molecule has 0 amide bonds. The van der Waals surface area contributed by atoms with E-state index in [-0.39, 0.29) is 0 Å². The van der Waals surface area contributed by atoms with Gasteiger partial charge in [0.15, 0.2) is 0 Å². The summed E-state index contributed by atoms with van der Waals surface area (Å²) in [5.41, 5.74) is 1.26. The van der Waals surface area contributed by atoms with Crippen molar-refractivity contribution < 1.29 is 9.22 Å². The third kappa shape index (κ3) is 3.72. The molecule has 0 atom stereocenters. The Bertz CT molecular complexity index is 384. The van der Waals surface area contributed by atoms with Gasteiger partial charge in [-0.2, -0.15) is 0 Å². The molecule has 2 rings (SSSR count). The van der Waals surface area contributed by atoms with Gasteiger partial charge < -0.3 is 9.22 Å². The van der Waals surface area contributed by atoms with Crippen molar-refractivity contribution >= 4 is 0 Å². The van der Waals surface area contributed by atoms with Gasteiger partial charge in [0.2, 0.25) is 0 Å². The summed E-state index contributed by atoms with van der Waals surface area (Å²) in [5, 5.41) is 0. The first-order chi connectivity index (χ1) is 8.57. The number of aryl methyl sites for hydroxylation is 1. The van der Waals surface area contributed by atoms with Crippen LogP contribution in [0.3, 0.4) is 0 Å². The van der Waals surface area contributed by atoms with Gasteiger partial charge in [-0.1, -0.05) is 12.1 Å². The SMILES string of the molecule is Cc1cccc(OCC[N+]2(C)CCN(C)CC2)c1. The van der Waals surface area contributed by atoms with E-state index >= 15 is 0 Å². The maximum Gasteiger partial charge on any atom is 0.137 e. The Labute approximate surface area is 111 Å². The minimum absolute atomic E-state index is 0.809. The largest absolute Gasteiger partial charge is 0.488 e. The molecule has 1 aliphatic heterocycles. The highest BCUT2D eigenvalue weighted by Crippen LogP contribution is 2.13. The third-order valence-corrected chi connectivity index (χ3v) is 3.93. The number of likely N-dealkylation sites (N-methyl/N-ethyl adjacent to an activating group) is 2. The second-order valence-electron chi connectivity index (χ2n) is 5.76. The number of hydrogen-bond donors (Lipinski definition) is 0. The highest BCUT2D eigenvalue weighted by atomic mass is 16.5. The van der Waals surface area contributed by atoms with E-state index in [2.05, 4.69) is 44.1 Å². The summed E-state index contributed by atoms with van der Waals surface area (Å²) in [5.74, 6) is 0.996. The van der Waals surface area contributed by atoms with Gasteiger partial charge in [-0.25, -0.2) is 0 Å². The Morgan fingerprint density at radius 3 is 2.67 bits per heavy atom. The van der Waals surface area contributed by atoms with Crippen LogP contribution in [0.4, 0.5) is 0 Å². The molecule has 3 nitrogen and oxygen atoms in total. The minimum Gasteiger partial charge on any atom is -0.488 e.